The summed E-state index contributed by atoms with van der Waals surface area (Å²) in [6.07, 6.45) is 3.18. The normalized spacial score (nSPS) is 12.1. The first-order valence-electron chi connectivity index (χ1n) is 12.0. The van der Waals surface area contributed by atoms with Crippen LogP contribution in [0.5, 0.6) is 5.75 Å². The minimum absolute atomic E-state index is 0.0156. The largest absolute Gasteiger partial charge is 0.492 e. The van der Waals surface area contributed by atoms with E-state index in [1.54, 1.807) is 36.0 Å². The van der Waals surface area contributed by atoms with Gasteiger partial charge in [0.05, 0.1) is 28.8 Å². The molecule has 0 saturated carbocycles. The highest BCUT2D eigenvalue weighted by atomic mass is 35.5. The number of hydrogen-bond donors (Lipinski definition) is 0. The van der Waals surface area contributed by atoms with Gasteiger partial charge in [0.1, 0.15) is 11.6 Å². The maximum Gasteiger partial charge on any atom is 0.242 e. The van der Waals surface area contributed by atoms with Crippen molar-refractivity contribution in [2.45, 2.75) is 34.3 Å². The Morgan fingerprint density at radius 3 is 2.42 bits per heavy atom. The second kappa shape index (κ2) is 12.3. The average Bonchev–Trinajstić information content (AvgIpc) is 3.30. The summed E-state index contributed by atoms with van der Waals surface area (Å²) >= 11 is 15.2. The lowest BCUT2D eigenvalue weighted by atomic mass is 10.2. The van der Waals surface area contributed by atoms with Gasteiger partial charge in [0.2, 0.25) is 5.91 Å². The van der Waals surface area contributed by atoms with Crippen LogP contribution in [0.25, 0.3) is 0 Å². The number of halogens is 2. The number of aromatic nitrogens is 3. The summed E-state index contributed by atoms with van der Waals surface area (Å²) in [5.41, 5.74) is 1.80. The van der Waals surface area contributed by atoms with E-state index in [4.69, 9.17) is 27.9 Å². The Balaban J connectivity index is 1.25. The van der Waals surface area contributed by atoms with Crippen LogP contribution in [0.2, 0.25) is 10.0 Å². The van der Waals surface area contributed by atoms with Crippen molar-refractivity contribution in [2.75, 3.05) is 17.3 Å². The molecular weight excluding hydrogens is 559 g/mol. The van der Waals surface area contributed by atoms with Crippen molar-refractivity contribution in [3.8, 4) is 5.75 Å². The SMILES string of the molecule is C=CCn1c(CCCOc2ccc(Cl)cc2Cl)nnc1SCC(=O)N1c2ccccc2Sc2ccccc21. The number of allylic oxidation sites excluding steroid dienone is 1. The zero-order chi connectivity index (χ0) is 26.5. The van der Waals surface area contributed by atoms with E-state index in [-0.39, 0.29) is 11.7 Å². The second-order valence-electron chi connectivity index (χ2n) is 8.38. The molecule has 10 heteroatoms. The fraction of sp³-hybridized carbons (Fsp3) is 0.179. The molecule has 1 aromatic heterocycles. The molecule has 4 aromatic rings. The molecule has 5 rings (SSSR count). The van der Waals surface area contributed by atoms with Gasteiger partial charge in [0, 0.05) is 27.8 Å². The first-order valence-corrected chi connectivity index (χ1v) is 14.5. The van der Waals surface area contributed by atoms with Crippen molar-refractivity contribution >= 4 is 64.0 Å². The van der Waals surface area contributed by atoms with E-state index in [9.17, 15) is 4.79 Å². The zero-order valence-electron chi connectivity index (χ0n) is 20.3. The summed E-state index contributed by atoms with van der Waals surface area (Å²) in [7, 11) is 0. The van der Waals surface area contributed by atoms with E-state index >= 15 is 0 Å². The molecule has 0 spiro atoms. The first kappa shape index (κ1) is 26.7. The van der Waals surface area contributed by atoms with Gasteiger partial charge in [-0.25, -0.2) is 0 Å². The summed E-state index contributed by atoms with van der Waals surface area (Å²) in [5, 5.41) is 10.5. The van der Waals surface area contributed by atoms with Crippen molar-refractivity contribution in [1.82, 2.24) is 14.8 Å². The van der Waals surface area contributed by atoms with E-state index in [0.29, 0.717) is 40.5 Å². The molecule has 0 bridgehead atoms. The molecule has 1 aliphatic rings. The summed E-state index contributed by atoms with van der Waals surface area (Å²) in [6.45, 7) is 4.89. The van der Waals surface area contributed by atoms with E-state index in [2.05, 4.69) is 16.8 Å². The molecule has 0 saturated heterocycles. The third-order valence-electron chi connectivity index (χ3n) is 5.81. The zero-order valence-corrected chi connectivity index (χ0v) is 23.5. The lowest BCUT2D eigenvalue weighted by Crippen LogP contribution is -2.30. The molecule has 1 aliphatic heterocycles. The molecule has 0 fully saturated rings. The Labute approximate surface area is 240 Å². The van der Waals surface area contributed by atoms with E-state index in [1.807, 2.05) is 58.0 Å². The highest BCUT2D eigenvalue weighted by molar-refractivity contribution is 8.00. The Kier molecular flexibility index (Phi) is 8.64. The number of para-hydroxylation sites is 2. The highest BCUT2D eigenvalue weighted by Crippen LogP contribution is 2.48. The van der Waals surface area contributed by atoms with Crippen LogP contribution in [-0.4, -0.2) is 33.0 Å². The summed E-state index contributed by atoms with van der Waals surface area (Å²) in [4.78, 5) is 17.5. The van der Waals surface area contributed by atoms with Gasteiger partial charge in [-0.15, -0.1) is 16.8 Å². The third-order valence-corrected chi connectivity index (χ3v) is 8.42. The molecule has 3 aromatic carbocycles. The molecule has 0 aliphatic carbocycles. The maximum atomic E-state index is 13.5. The van der Waals surface area contributed by atoms with Crippen LogP contribution in [-0.2, 0) is 17.8 Å². The summed E-state index contributed by atoms with van der Waals surface area (Å²) in [6, 6.07) is 21.1. The van der Waals surface area contributed by atoms with E-state index < -0.39 is 0 Å². The number of carbonyl (C=O) groups excluding carboxylic acids is 1. The topological polar surface area (TPSA) is 60.2 Å². The number of nitrogens with zero attached hydrogens (tertiary/aromatic N) is 4. The Morgan fingerprint density at radius 1 is 1.03 bits per heavy atom. The van der Waals surface area contributed by atoms with Crippen LogP contribution in [0.1, 0.15) is 12.2 Å². The van der Waals surface area contributed by atoms with Gasteiger partial charge in [-0.2, -0.15) is 0 Å². The van der Waals surface area contributed by atoms with Gasteiger partial charge < -0.3 is 9.30 Å². The first-order chi connectivity index (χ1) is 18.5. The Bertz CT molecular complexity index is 1430. The minimum atomic E-state index is -0.0156. The molecule has 6 nitrogen and oxygen atoms in total. The molecule has 0 atom stereocenters. The molecule has 38 heavy (non-hydrogen) atoms. The standard InChI is InChI=1S/C28H24Cl2N4O2S2/c1-2-15-33-26(12-7-16-36-23-14-13-19(29)17-20(23)30)31-32-28(33)37-18-27(35)34-21-8-3-5-10-24(21)38-25-11-6-4-9-22(25)34/h2-6,8-11,13-14,17H,1,7,12,15-16,18H2. The molecule has 194 valence electrons. The minimum Gasteiger partial charge on any atom is -0.492 e. The Hall–Kier alpha value is -2.91. The van der Waals surface area contributed by atoms with Gasteiger partial charge >= 0.3 is 0 Å². The van der Waals surface area contributed by atoms with Crippen LogP contribution in [0.15, 0.2) is 94.3 Å². The molecule has 0 N–H and O–H groups in total. The second-order valence-corrected chi connectivity index (χ2v) is 11.3. The van der Waals surface area contributed by atoms with Crippen molar-refractivity contribution in [2.24, 2.45) is 0 Å². The predicted octanol–water partition coefficient (Wildman–Crippen LogP) is 7.70. The number of carbonyl (C=O) groups is 1. The fourth-order valence-corrected chi connectivity index (χ4v) is 6.43. The van der Waals surface area contributed by atoms with Crippen LogP contribution in [0, 0.1) is 0 Å². The molecular formula is C28H24Cl2N4O2S2. The third kappa shape index (κ3) is 5.89. The number of anilines is 2. The van der Waals surface area contributed by atoms with E-state index in [1.165, 1.54) is 11.8 Å². The summed E-state index contributed by atoms with van der Waals surface area (Å²) in [5.74, 6) is 1.62. The van der Waals surface area contributed by atoms with Gasteiger partial charge in [-0.05, 0) is 48.9 Å². The number of benzene rings is 3. The highest BCUT2D eigenvalue weighted by Gasteiger charge is 2.28. The van der Waals surface area contributed by atoms with Crippen molar-refractivity contribution in [3.63, 3.8) is 0 Å². The molecule has 1 amide bonds. The van der Waals surface area contributed by atoms with Gasteiger partial charge in [0.15, 0.2) is 5.16 Å². The fourth-order valence-electron chi connectivity index (χ4n) is 4.09. The predicted molar refractivity (Wildman–Crippen MR) is 155 cm³/mol. The van der Waals surface area contributed by atoms with Crippen LogP contribution < -0.4 is 9.64 Å². The van der Waals surface area contributed by atoms with Crippen molar-refractivity contribution < 1.29 is 9.53 Å². The number of ether oxygens (including phenoxy) is 1. The van der Waals surface area contributed by atoms with Gasteiger partial charge in [-0.1, -0.05) is 77.1 Å². The number of hydrogen-bond acceptors (Lipinski definition) is 6. The number of aryl methyl sites for hydroxylation is 1. The quantitative estimate of drug-likeness (QED) is 0.108. The number of fused-ring (bicyclic) bond motifs is 2. The van der Waals surface area contributed by atoms with Gasteiger partial charge in [0.25, 0.3) is 0 Å². The number of thioether (sulfide) groups is 1. The number of amides is 1. The molecule has 0 radical (unpaired) electrons. The lowest BCUT2D eigenvalue weighted by Gasteiger charge is -2.30. The smallest absolute Gasteiger partial charge is 0.242 e. The molecule has 2 heterocycles. The van der Waals surface area contributed by atoms with Crippen LogP contribution >= 0.6 is 46.7 Å². The van der Waals surface area contributed by atoms with E-state index in [0.717, 1.165) is 33.4 Å². The Morgan fingerprint density at radius 2 is 1.74 bits per heavy atom. The van der Waals surface area contributed by atoms with Crippen molar-refractivity contribution in [3.05, 3.63) is 95.3 Å². The monoisotopic (exact) mass is 582 g/mol. The number of rotatable bonds is 10. The van der Waals surface area contributed by atoms with Crippen molar-refractivity contribution in [1.29, 1.82) is 0 Å². The lowest BCUT2D eigenvalue weighted by molar-refractivity contribution is -0.115. The maximum absolute atomic E-state index is 13.5. The summed E-state index contributed by atoms with van der Waals surface area (Å²) < 4.78 is 7.79. The average molecular weight is 584 g/mol. The van der Waals surface area contributed by atoms with Gasteiger partial charge in [-0.3, -0.25) is 9.69 Å². The molecule has 0 unspecified atom stereocenters. The van der Waals surface area contributed by atoms with Crippen LogP contribution in [0.3, 0.4) is 0 Å². The van der Waals surface area contributed by atoms with Crippen LogP contribution in [0.4, 0.5) is 11.4 Å².